The lowest BCUT2D eigenvalue weighted by Gasteiger charge is -2.22. The van der Waals surface area contributed by atoms with Crippen molar-refractivity contribution in [2.75, 3.05) is 6.54 Å². The molecule has 0 unspecified atom stereocenters. The average molecular weight is 305 g/mol. The van der Waals surface area contributed by atoms with Crippen molar-refractivity contribution in [1.29, 1.82) is 0 Å². The first-order valence-electron chi connectivity index (χ1n) is 8.42. The van der Waals surface area contributed by atoms with E-state index in [1.807, 2.05) is 0 Å². The van der Waals surface area contributed by atoms with Crippen LogP contribution in [0.15, 0.2) is 0 Å². The molecule has 0 bridgehead atoms. The first-order valence-corrected chi connectivity index (χ1v) is 8.42. The molecule has 4 fully saturated rings. The predicted molar refractivity (Wildman–Crippen MR) is 78.8 cm³/mol. The molecule has 0 aromatic heterocycles. The third-order valence-electron chi connectivity index (χ3n) is 5.58. The van der Waals surface area contributed by atoms with E-state index in [0.717, 1.165) is 17.7 Å². The molecule has 0 aromatic carbocycles. The van der Waals surface area contributed by atoms with Crippen LogP contribution in [0.2, 0.25) is 0 Å². The highest BCUT2D eigenvalue weighted by atomic mass is 16.2. The summed E-state index contributed by atoms with van der Waals surface area (Å²) >= 11 is 0. The van der Waals surface area contributed by atoms with Crippen molar-refractivity contribution in [2.45, 2.75) is 57.0 Å². The Morgan fingerprint density at radius 2 is 1.82 bits per heavy atom. The van der Waals surface area contributed by atoms with Crippen LogP contribution in [0, 0.1) is 17.8 Å². The molecule has 22 heavy (non-hydrogen) atoms. The Hall–Kier alpha value is -1.59. The topological polar surface area (TPSA) is 78.5 Å². The van der Waals surface area contributed by atoms with Crippen molar-refractivity contribution < 1.29 is 14.4 Å². The number of carbonyl (C=O) groups excluding carboxylic acids is 3. The molecule has 3 aliphatic carbocycles. The van der Waals surface area contributed by atoms with Gasteiger partial charge in [0.1, 0.15) is 12.1 Å². The van der Waals surface area contributed by atoms with Gasteiger partial charge in [-0.2, -0.15) is 0 Å². The summed E-state index contributed by atoms with van der Waals surface area (Å²) in [6.07, 6.45) is 6.67. The standard InChI is InChI=1S/C16H23N3O3/c1-16(11-6-7-11)14(21)19(15(22)18-16)8-12(20)17-13(9-2-3-9)10-4-5-10/h9-11,13H,2-8H2,1H3,(H,17,20)(H,18,22)/t16-/m1/s1. The monoisotopic (exact) mass is 305 g/mol. The summed E-state index contributed by atoms with van der Waals surface area (Å²) in [5, 5.41) is 5.85. The van der Waals surface area contributed by atoms with Gasteiger partial charge in [-0.15, -0.1) is 0 Å². The van der Waals surface area contributed by atoms with Gasteiger partial charge in [0.2, 0.25) is 5.91 Å². The number of nitrogens with one attached hydrogen (secondary N) is 2. The molecule has 1 saturated heterocycles. The molecular weight excluding hydrogens is 282 g/mol. The molecule has 4 rings (SSSR count). The van der Waals surface area contributed by atoms with Crippen molar-refractivity contribution in [3.05, 3.63) is 0 Å². The van der Waals surface area contributed by atoms with Crippen LogP contribution in [0.3, 0.4) is 0 Å². The first kappa shape index (κ1) is 14.0. The van der Waals surface area contributed by atoms with Crippen LogP contribution >= 0.6 is 0 Å². The number of nitrogens with zero attached hydrogens (tertiary/aromatic N) is 1. The van der Waals surface area contributed by atoms with Gasteiger partial charge in [0.15, 0.2) is 0 Å². The smallest absolute Gasteiger partial charge is 0.325 e. The highest BCUT2D eigenvalue weighted by Gasteiger charge is 2.56. The summed E-state index contributed by atoms with van der Waals surface area (Å²) in [5.41, 5.74) is -0.802. The van der Waals surface area contributed by atoms with E-state index in [2.05, 4.69) is 10.6 Å². The van der Waals surface area contributed by atoms with Crippen LogP contribution in [0.25, 0.3) is 0 Å². The molecule has 0 radical (unpaired) electrons. The van der Waals surface area contributed by atoms with E-state index < -0.39 is 11.6 Å². The van der Waals surface area contributed by atoms with Crippen LogP contribution in [-0.2, 0) is 9.59 Å². The molecule has 6 heteroatoms. The fraction of sp³-hybridized carbons (Fsp3) is 0.812. The van der Waals surface area contributed by atoms with Gasteiger partial charge in [0.25, 0.3) is 5.91 Å². The van der Waals surface area contributed by atoms with E-state index in [4.69, 9.17) is 0 Å². The lowest BCUT2D eigenvalue weighted by atomic mass is 9.96. The Morgan fingerprint density at radius 1 is 1.23 bits per heavy atom. The molecule has 0 aromatic rings. The number of imide groups is 1. The molecule has 120 valence electrons. The molecule has 0 spiro atoms. The van der Waals surface area contributed by atoms with Crippen LogP contribution in [0.4, 0.5) is 4.79 Å². The number of urea groups is 1. The van der Waals surface area contributed by atoms with Crippen molar-refractivity contribution in [3.63, 3.8) is 0 Å². The fourth-order valence-electron chi connectivity index (χ4n) is 3.70. The summed E-state index contributed by atoms with van der Waals surface area (Å²) in [4.78, 5) is 37.9. The SMILES string of the molecule is C[C@]1(C2CC2)NC(=O)N(CC(=O)NC(C2CC2)C2CC2)C1=O. The second kappa shape index (κ2) is 4.70. The number of hydrogen-bond donors (Lipinski definition) is 2. The molecule has 6 nitrogen and oxygen atoms in total. The average Bonchev–Trinajstić information content (AvgIpc) is 3.35. The fourth-order valence-corrected chi connectivity index (χ4v) is 3.70. The van der Waals surface area contributed by atoms with E-state index >= 15 is 0 Å². The Balaban J connectivity index is 1.38. The van der Waals surface area contributed by atoms with E-state index in [0.29, 0.717) is 11.8 Å². The summed E-state index contributed by atoms with van der Waals surface area (Å²) in [5.74, 6) is 0.993. The third-order valence-corrected chi connectivity index (χ3v) is 5.58. The lowest BCUT2D eigenvalue weighted by Crippen LogP contribution is -2.48. The minimum absolute atomic E-state index is 0.150. The molecular formula is C16H23N3O3. The summed E-state index contributed by atoms with van der Waals surface area (Å²) < 4.78 is 0. The summed E-state index contributed by atoms with van der Waals surface area (Å²) in [7, 11) is 0. The quantitative estimate of drug-likeness (QED) is 0.719. The summed E-state index contributed by atoms with van der Waals surface area (Å²) in [6.45, 7) is 1.63. The number of amides is 4. The zero-order valence-electron chi connectivity index (χ0n) is 12.9. The Bertz CT molecular complexity index is 525. The third kappa shape index (κ3) is 2.38. The van der Waals surface area contributed by atoms with E-state index in [1.54, 1.807) is 6.92 Å². The van der Waals surface area contributed by atoms with Crippen LogP contribution in [0.5, 0.6) is 0 Å². The van der Waals surface area contributed by atoms with Crippen molar-refractivity contribution >= 4 is 17.8 Å². The second-order valence-electron chi connectivity index (χ2n) is 7.57. The predicted octanol–water partition coefficient (Wildman–Crippen LogP) is 1.01. The van der Waals surface area contributed by atoms with Gasteiger partial charge in [0, 0.05) is 6.04 Å². The zero-order chi connectivity index (χ0) is 15.5. The Labute approximate surface area is 130 Å². The minimum Gasteiger partial charge on any atom is -0.351 e. The number of hydrogen-bond acceptors (Lipinski definition) is 3. The van der Waals surface area contributed by atoms with Gasteiger partial charge < -0.3 is 10.6 Å². The second-order valence-corrected chi connectivity index (χ2v) is 7.57. The molecule has 4 aliphatic rings. The van der Waals surface area contributed by atoms with Crippen LogP contribution in [-0.4, -0.2) is 40.9 Å². The van der Waals surface area contributed by atoms with Crippen molar-refractivity contribution in [2.24, 2.45) is 17.8 Å². The van der Waals surface area contributed by atoms with Gasteiger partial charge in [-0.25, -0.2) is 4.79 Å². The molecule has 1 aliphatic heterocycles. The molecule has 3 saturated carbocycles. The minimum atomic E-state index is -0.802. The van der Waals surface area contributed by atoms with Crippen LogP contribution in [0.1, 0.15) is 45.4 Å². The first-order chi connectivity index (χ1) is 10.5. The van der Waals surface area contributed by atoms with E-state index in [9.17, 15) is 14.4 Å². The van der Waals surface area contributed by atoms with Crippen molar-refractivity contribution in [3.8, 4) is 0 Å². The molecule has 4 amide bonds. The highest BCUT2D eigenvalue weighted by molar-refractivity contribution is 6.09. The number of carbonyl (C=O) groups is 3. The highest BCUT2D eigenvalue weighted by Crippen LogP contribution is 2.45. The van der Waals surface area contributed by atoms with Crippen LogP contribution < -0.4 is 10.6 Å². The van der Waals surface area contributed by atoms with E-state index in [1.165, 1.54) is 25.7 Å². The lowest BCUT2D eigenvalue weighted by molar-refractivity contribution is -0.135. The maximum absolute atomic E-state index is 12.5. The van der Waals surface area contributed by atoms with Gasteiger partial charge in [-0.3, -0.25) is 14.5 Å². The Morgan fingerprint density at radius 3 is 2.32 bits per heavy atom. The normalized spacial score (nSPS) is 31.6. The largest absolute Gasteiger partial charge is 0.351 e. The summed E-state index contributed by atoms with van der Waals surface area (Å²) in [6, 6.07) is -0.174. The maximum Gasteiger partial charge on any atom is 0.325 e. The van der Waals surface area contributed by atoms with E-state index in [-0.39, 0.29) is 30.3 Å². The molecule has 1 atom stereocenters. The zero-order valence-corrected chi connectivity index (χ0v) is 12.9. The van der Waals surface area contributed by atoms with Crippen molar-refractivity contribution in [1.82, 2.24) is 15.5 Å². The molecule has 2 N–H and O–H groups in total. The van der Waals surface area contributed by atoms with Gasteiger partial charge >= 0.3 is 6.03 Å². The van der Waals surface area contributed by atoms with Gasteiger partial charge in [0.05, 0.1) is 0 Å². The Kier molecular flexibility index (Phi) is 3.00. The van der Waals surface area contributed by atoms with Gasteiger partial charge in [-0.1, -0.05) is 0 Å². The molecule has 1 heterocycles. The van der Waals surface area contributed by atoms with Gasteiger partial charge in [-0.05, 0) is 63.2 Å². The number of rotatable bonds is 6. The maximum atomic E-state index is 12.5.